The molecule has 53 valence electrons. The molecule has 3 heteroatoms. The van der Waals surface area contributed by atoms with E-state index < -0.39 is 0 Å². The summed E-state index contributed by atoms with van der Waals surface area (Å²) in [5.74, 6) is 0.726. The topological polar surface area (TPSA) is 37.8 Å². The molecule has 1 N–H and O–H groups in total. The molecule has 0 fully saturated rings. The van der Waals surface area contributed by atoms with Crippen LogP contribution in [0.1, 0.15) is 13.3 Å². The van der Waals surface area contributed by atoms with Crippen LogP contribution >= 0.6 is 0 Å². The van der Waals surface area contributed by atoms with Crippen molar-refractivity contribution >= 4 is 5.82 Å². The monoisotopic (exact) mass is 136 g/mol. The summed E-state index contributed by atoms with van der Waals surface area (Å²) in [6, 6.07) is 0. The van der Waals surface area contributed by atoms with E-state index in [-0.39, 0.29) is 0 Å². The Labute approximate surface area is 60.5 Å². The molecular formula is C7H10N3. The summed E-state index contributed by atoms with van der Waals surface area (Å²) < 4.78 is 0. The minimum absolute atomic E-state index is 0.726. The van der Waals surface area contributed by atoms with E-state index in [0.29, 0.717) is 0 Å². The zero-order valence-electron chi connectivity index (χ0n) is 5.96. The lowest BCUT2D eigenvalue weighted by Gasteiger charge is -1.99. The largest absolute Gasteiger partial charge is 0.368 e. The van der Waals surface area contributed by atoms with Crippen molar-refractivity contribution in [2.75, 3.05) is 11.9 Å². The number of hydrogen-bond acceptors (Lipinski definition) is 3. The molecule has 1 aromatic rings. The SMILES string of the molecule is CCCNc1[c]nccn1. The molecule has 0 unspecified atom stereocenters. The van der Waals surface area contributed by atoms with Gasteiger partial charge in [-0.25, -0.2) is 9.97 Å². The number of hydrogen-bond donors (Lipinski definition) is 1. The Hall–Kier alpha value is -1.12. The minimum atomic E-state index is 0.726. The predicted octanol–water partition coefficient (Wildman–Crippen LogP) is 1.10. The van der Waals surface area contributed by atoms with E-state index >= 15 is 0 Å². The highest BCUT2D eigenvalue weighted by Crippen LogP contribution is 1.94. The second-order valence-electron chi connectivity index (χ2n) is 1.94. The molecular weight excluding hydrogens is 126 g/mol. The molecule has 1 heterocycles. The summed E-state index contributed by atoms with van der Waals surface area (Å²) in [4.78, 5) is 7.77. The van der Waals surface area contributed by atoms with Crippen LogP contribution in [0, 0.1) is 6.20 Å². The van der Waals surface area contributed by atoms with Crippen LogP contribution in [0.3, 0.4) is 0 Å². The number of aromatic nitrogens is 2. The Bertz CT molecular complexity index is 173. The highest BCUT2D eigenvalue weighted by molar-refractivity contribution is 5.27. The highest BCUT2D eigenvalue weighted by Gasteiger charge is 1.87. The summed E-state index contributed by atoms with van der Waals surface area (Å²) >= 11 is 0. The van der Waals surface area contributed by atoms with Crippen LogP contribution in [0.5, 0.6) is 0 Å². The quantitative estimate of drug-likeness (QED) is 0.676. The first kappa shape index (κ1) is 6.99. The molecule has 1 rings (SSSR count). The van der Waals surface area contributed by atoms with Gasteiger partial charge in [0, 0.05) is 18.9 Å². The van der Waals surface area contributed by atoms with E-state index in [9.17, 15) is 0 Å². The molecule has 0 aliphatic heterocycles. The van der Waals surface area contributed by atoms with E-state index in [1.807, 2.05) is 0 Å². The van der Waals surface area contributed by atoms with Crippen molar-refractivity contribution in [1.29, 1.82) is 0 Å². The fraction of sp³-hybridized carbons (Fsp3) is 0.429. The fourth-order valence-corrected chi connectivity index (χ4v) is 0.597. The number of anilines is 1. The second-order valence-corrected chi connectivity index (χ2v) is 1.94. The van der Waals surface area contributed by atoms with Gasteiger partial charge in [-0.15, -0.1) is 0 Å². The van der Waals surface area contributed by atoms with Crippen LogP contribution in [0.4, 0.5) is 5.82 Å². The molecule has 3 nitrogen and oxygen atoms in total. The normalized spacial score (nSPS) is 9.30. The van der Waals surface area contributed by atoms with Crippen molar-refractivity contribution in [2.24, 2.45) is 0 Å². The smallest absolute Gasteiger partial charge is 0.154 e. The van der Waals surface area contributed by atoms with Crippen LogP contribution in [0.25, 0.3) is 0 Å². The van der Waals surface area contributed by atoms with E-state index in [2.05, 4.69) is 28.4 Å². The second kappa shape index (κ2) is 3.82. The van der Waals surface area contributed by atoms with Crippen LogP contribution < -0.4 is 5.32 Å². The number of nitrogens with one attached hydrogen (secondary N) is 1. The molecule has 0 aliphatic carbocycles. The minimum Gasteiger partial charge on any atom is -0.368 e. The molecule has 0 aromatic carbocycles. The van der Waals surface area contributed by atoms with E-state index in [4.69, 9.17) is 0 Å². The van der Waals surface area contributed by atoms with Crippen molar-refractivity contribution < 1.29 is 0 Å². The Balaban J connectivity index is 2.43. The lowest BCUT2D eigenvalue weighted by Crippen LogP contribution is -2.01. The first-order valence-electron chi connectivity index (χ1n) is 3.36. The van der Waals surface area contributed by atoms with Gasteiger partial charge >= 0.3 is 0 Å². The Kier molecular flexibility index (Phi) is 2.67. The summed E-state index contributed by atoms with van der Waals surface area (Å²) in [6.07, 6.45) is 7.07. The Morgan fingerprint density at radius 2 is 2.50 bits per heavy atom. The third-order valence-corrected chi connectivity index (χ3v) is 1.06. The molecule has 1 radical (unpaired) electrons. The van der Waals surface area contributed by atoms with E-state index in [1.165, 1.54) is 0 Å². The molecule has 0 saturated carbocycles. The highest BCUT2D eigenvalue weighted by atomic mass is 15.0. The number of nitrogens with zero attached hydrogens (tertiary/aromatic N) is 2. The zero-order chi connectivity index (χ0) is 7.23. The fourth-order valence-electron chi connectivity index (χ4n) is 0.597. The molecule has 0 saturated heterocycles. The van der Waals surface area contributed by atoms with Crippen molar-refractivity contribution in [3.8, 4) is 0 Å². The third-order valence-electron chi connectivity index (χ3n) is 1.06. The molecule has 0 amide bonds. The standard InChI is InChI=1S/C7H10N3/c1-2-3-9-7-6-8-4-5-10-7/h4-5H,2-3H2,1H3,(H,9,10). The maximum atomic E-state index is 3.99. The maximum Gasteiger partial charge on any atom is 0.154 e. The molecule has 0 aliphatic rings. The van der Waals surface area contributed by atoms with E-state index in [0.717, 1.165) is 18.8 Å². The van der Waals surface area contributed by atoms with Gasteiger partial charge in [0.15, 0.2) is 5.82 Å². The first-order chi connectivity index (χ1) is 4.93. The van der Waals surface area contributed by atoms with E-state index in [1.54, 1.807) is 12.4 Å². The molecule has 10 heavy (non-hydrogen) atoms. The summed E-state index contributed by atoms with van der Waals surface area (Å²) in [7, 11) is 0. The number of rotatable bonds is 3. The molecule has 0 atom stereocenters. The third kappa shape index (κ3) is 2.01. The van der Waals surface area contributed by atoms with Gasteiger partial charge in [-0.3, -0.25) is 0 Å². The van der Waals surface area contributed by atoms with Gasteiger partial charge in [-0.05, 0) is 6.42 Å². The Morgan fingerprint density at radius 1 is 1.60 bits per heavy atom. The summed E-state index contributed by atoms with van der Waals surface area (Å²) in [5, 5.41) is 3.07. The average Bonchev–Trinajstić information content (AvgIpc) is 2.03. The molecule has 0 spiro atoms. The average molecular weight is 136 g/mol. The lowest BCUT2D eigenvalue weighted by atomic mass is 10.5. The lowest BCUT2D eigenvalue weighted by molar-refractivity contribution is 0.963. The zero-order valence-corrected chi connectivity index (χ0v) is 5.96. The Morgan fingerprint density at radius 3 is 3.10 bits per heavy atom. The summed E-state index contributed by atoms with van der Waals surface area (Å²) in [6.45, 7) is 3.03. The van der Waals surface area contributed by atoms with Crippen molar-refractivity contribution in [2.45, 2.75) is 13.3 Å². The maximum absolute atomic E-state index is 3.99. The van der Waals surface area contributed by atoms with Crippen molar-refractivity contribution in [3.05, 3.63) is 18.6 Å². The van der Waals surface area contributed by atoms with Gasteiger partial charge in [-0.2, -0.15) is 0 Å². The molecule has 1 aromatic heterocycles. The van der Waals surface area contributed by atoms with Crippen LogP contribution in [-0.4, -0.2) is 16.5 Å². The van der Waals surface area contributed by atoms with Gasteiger partial charge in [-0.1, -0.05) is 6.92 Å². The predicted molar refractivity (Wildman–Crippen MR) is 39.6 cm³/mol. The van der Waals surface area contributed by atoms with Gasteiger partial charge in [0.2, 0.25) is 0 Å². The van der Waals surface area contributed by atoms with Crippen molar-refractivity contribution in [3.63, 3.8) is 0 Å². The van der Waals surface area contributed by atoms with Gasteiger partial charge in [0.05, 0.1) is 0 Å². The van der Waals surface area contributed by atoms with Gasteiger partial charge < -0.3 is 5.32 Å². The molecule has 0 bridgehead atoms. The van der Waals surface area contributed by atoms with Gasteiger partial charge in [0.1, 0.15) is 6.20 Å². The van der Waals surface area contributed by atoms with Crippen LogP contribution in [0.2, 0.25) is 0 Å². The van der Waals surface area contributed by atoms with Crippen molar-refractivity contribution in [1.82, 2.24) is 9.97 Å². The van der Waals surface area contributed by atoms with Crippen LogP contribution in [0.15, 0.2) is 12.4 Å². The van der Waals surface area contributed by atoms with Crippen LogP contribution in [-0.2, 0) is 0 Å². The first-order valence-corrected chi connectivity index (χ1v) is 3.36. The summed E-state index contributed by atoms with van der Waals surface area (Å²) in [5.41, 5.74) is 0. The van der Waals surface area contributed by atoms with Gasteiger partial charge in [0.25, 0.3) is 0 Å².